The predicted molar refractivity (Wildman–Crippen MR) is 114 cm³/mol. The lowest BCUT2D eigenvalue weighted by atomic mass is 10.2. The van der Waals surface area contributed by atoms with Crippen LogP contribution in [0.3, 0.4) is 0 Å². The number of carbonyl (C=O) groups is 1. The van der Waals surface area contributed by atoms with E-state index in [0.29, 0.717) is 32.0 Å². The molecule has 2 amide bonds. The summed E-state index contributed by atoms with van der Waals surface area (Å²) < 4.78 is 0. The summed E-state index contributed by atoms with van der Waals surface area (Å²) in [6.07, 6.45) is 3.27. The fourth-order valence-electron chi connectivity index (χ4n) is 3.22. The van der Waals surface area contributed by atoms with Crippen LogP contribution >= 0.6 is 0 Å². The van der Waals surface area contributed by atoms with Crippen LogP contribution in [0.5, 0.6) is 0 Å². The Morgan fingerprint density at radius 2 is 1.79 bits per heavy atom. The van der Waals surface area contributed by atoms with Gasteiger partial charge in [0.2, 0.25) is 0 Å². The zero-order chi connectivity index (χ0) is 20.1. The van der Waals surface area contributed by atoms with E-state index in [1.807, 2.05) is 60.4 Å². The number of hydrogen-bond donors (Lipinski definition) is 2. The summed E-state index contributed by atoms with van der Waals surface area (Å²) in [4.78, 5) is 29.4. The molecule has 2 N–H and O–H groups in total. The van der Waals surface area contributed by atoms with Gasteiger partial charge in [-0.1, -0.05) is 18.2 Å². The highest BCUT2D eigenvalue weighted by Crippen LogP contribution is 2.19. The van der Waals surface area contributed by atoms with Crippen molar-refractivity contribution >= 4 is 29.2 Å². The molecule has 1 aromatic carbocycles. The van der Waals surface area contributed by atoms with Crippen molar-refractivity contribution in [2.24, 2.45) is 0 Å². The first kappa shape index (κ1) is 18.7. The average Bonchev–Trinajstić information content (AvgIpc) is 2.75. The molecule has 148 valence electrons. The van der Waals surface area contributed by atoms with Crippen molar-refractivity contribution < 1.29 is 4.79 Å². The smallest absolute Gasteiger partial charge is 0.321 e. The average molecular weight is 389 g/mol. The Morgan fingerprint density at radius 1 is 0.931 bits per heavy atom. The Kier molecular flexibility index (Phi) is 5.51. The van der Waals surface area contributed by atoms with E-state index in [1.54, 1.807) is 6.20 Å². The minimum atomic E-state index is -0.0737. The molecule has 0 saturated carbocycles. The van der Waals surface area contributed by atoms with Gasteiger partial charge in [0, 0.05) is 44.1 Å². The van der Waals surface area contributed by atoms with Crippen LogP contribution in [0.25, 0.3) is 0 Å². The van der Waals surface area contributed by atoms with E-state index in [-0.39, 0.29) is 6.03 Å². The maximum Gasteiger partial charge on any atom is 0.321 e. The van der Waals surface area contributed by atoms with Gasteiger partial charge in [-0.3, -0.25) is 0 Å². The summed E-state index contributed by atoms with van der Waals surface area (Å²) in [5.41, 5.74) is 1.94. The topological polar surface area (TPSA) is 86.3 Å². The molecule has 0 unspecified atom stereocenters. The SMILES string of the molecule is Cc1cccc(NC(=O)N2CCN(c3cc(Nc4ccccn4)ncn3)CC2)c1. The Labute approximate surface area is 169 Å². The minimum absolute atomic E-state index is 0.0737. The van der Waals surface area contributed by atoms with E-state index in [2.05, 4.69) is 30.5 Å². The molecule has 0 radical (unpaired) electrons. The second kappa shape index (κ2) is 8.55. The Bertz CT molecular complexity index is 972. The molecule has 1 saturated heterocycles. The summed E-state index contributed by atoms with van der Waals surface area (Å²) in [5.74, 6) is 2.25. The molecule has 0 spiro atoms. The number of nitrogens with zero attached hydrogens (tertiary/aromatic N) is 5. The van der Waals surface area contributed by atoms with Crippen molar-refractivity contribution in [3.63, 3.8) is 0 Å². The van der Waals surface area contributed by atoms with Crippen molar-refractivity contribution in [2.45, 2.75) is 6.92 Å². The standard InChI is InChI=1S/C21H23N7O/c1-16-5-4-6-17(13-16)25-21(29)28-11-9-27(10-12-28)20-14-19(23-15-24-20)26-18-7-2-3-8-22-18/h2-8,13-15H,9-12H2,1H3,(H,25,29)(H,22,23,24,26). The Hall–Kier alpha value is -3.68. The number of hydrogen-bond acceptors (Lipinski definition) is 6. The van der Waals surface area contributed by atoms with Gasteiger partial charge in [-0.25, -0.2) is 19.7 Å². The molecule has 3 aromatic rings. The number of urea groups is 1. The minimum Gasteiger partial charge on any atom is -0.353 e. The van der Waals surface area contributed by atoms with Crippen LogP contribution in [-0.2, 0) is 0 Å². The van der Waals surface area contributed by atoms with E-state index < -0.39 is 0 Å². The number of benzene rings is 1. The Morgan fingerprint density at radius 3 is 2.55 bits per heavy atom. The van der Waals surface area contributed by atoms with Crippen molar-refractivity contribution in [2.75, 3.05) is 41.7 Å². The number of anilines is 4. The first-order valence-corrected chi connectivity index (χ1v) is 9.55. The van der Waals surface area contributed by atoms with Crippen molar-refractivity contribution in [3.05, 3.63) is 66.6 Å². The van der Waals surface area contributed by atoms with Gasteiger partial charge in [-0.05, 0) is 36.8 Å². The van der Waals surface area contributed by atoms with Gasteiger partial charge in [0.1, 0.15) is 23.8 Å². The van der Waals surface area contributed by atoms with Crippen LogP contribution in [0.15, 0.2) is 61.1 Å². The second-order valence-corrected chi connectivity index (χ2v) is 6.88. The number of aryl methyl sites for hydroxylation is 1. The number of pyridine rings is 1. The van der Waals surface area contributed by atoms with Gasteiger partial charge >= 0.3 is 6.03 Å². The lowest BCUT2D eigenvalue weighted by molar-refractivity contribution is 0.208. The van der Waals surface area contributed by atoms with Crippen LogP contribution in [-0.4, -0.2) is 52.1 Å². The van der Waals surface area contributed by atoms with Gasteiger partial charge in [-0.2, -0.15) is 0 Å². The molecule has 8 heteroatoms. The van der Waals surface area contributed by atoms with Crippen LogP contribution in [0.1, 0.15) is 5.56 Å². The molecular weight excluding hydrogens is 366 g/mol. The largest absolute Gasteiger partial charge is 0.353 e. The molecule has 1 aliphatic heterocycles. The molecule has 29 heavy (non-hydrogen) atoms. The first-order chi connectivity index (χ1) is 14.2. The van der Waals surface area contributed by atoms with Gasteiger partial charge in [0.15, 0.2) is 0 Å². The highest BCUT2D eigenvalue weighted by Gasteiger charge is 2.22. The van der Waals surface area contributed by atoms with E-state index in [4.69, 9.17) is 0 Å². The quantitative estimate of drug-likeness (QED) is 0.712. The lowest BCUT2D eigenvalue weighted by Crippen LogP contribution is -2.50. The summed E-state index contributed by atoms with van der Waals surface area (Å²) in [7, 11) is 0. The monoisotopic (exact) mass is 389 g/mol. The van der Waals surface area contributed by atoms with Gasteiger partial charge in [0.05, 0.1) is 0 Å². The highest BCUT2D eigenvalue weighted by atomic mass is 16.2. The number of rotatable bonds is 4. The van der Waals surface area contributed by atoms with E-state index in [9.17, 15) is 4.79 Å². The predicted octanol–water partition coefficient (Wildman–Crippen LogP) is 3.28. The van der Waals surface area contributed by atoms with Gasteiger partial charge < -0.3 is 20.4 Å². The molecule has 0 atom stereocenters. The molecule has 2 aromatic heterocycles. The fourth-order valence-corrected chi connectivity index (χ4v) is 3.22. The summed E-state index contributed by atoms with van der Waals surface area (Å²) >= 11 is 0. The Balaban J connectivity index is 1.34. The third-order valence-electron chi connectivity index (χ3n) is 4.73. The van der Waals surface area contributed by atoms with Crippen LogP contribution in [0, 0.1) is 6.92 Å². The third kappa shape index (κ3) is 4.78. The van der Waals surface area contributed by atoms with Crippen LogP contribution < -0.4 is 15.5 Å². The van der Waals surface area contributed by atoms with Crippen molar-refractivity contribution in [3.8, 4) is 0 Å². The number of amides is 2. The van der Waals surface area contributed by atoms with Crippen LogP contribution in [0.4, 0.5) is 27.9 Å². The lowest BCUT2D eigenvalue weighted by Gasteiger charge is -2.35. The highest BCUT2D eigenvalue weighted by molar-refractivity contribution is 5.89. The number of piperazine rings is 1. The molecule has 0 bridgehead atoms. The molecule has 1 aliphatic rings. The second-order valence-electron chi connectivity index (χ2n) is 6.88. The summed E-state index contributed by atoms with van der Waals surface area (Å²) in [5, 5.41) is 6.15. The molecule has 8 nitrogen and oxygen atoms in total. The van der Waals surface area contributed by atoms with Gasteiger partial charge in [0.25, 0.3) is 0 Å². The third-order valence-corrected chi connectivity index (χ3v) is 4.73. The number of aromatic nitrogens is 3. The molecule has 1 fully saturated rings. The fraction of sp³-hybridized carbons (Fsp3) is 0.238. The van der Waals surface area contributed by atoms with E-state index in [1.165, 1.54) is 6.33 Å². The maximum absolute atomic E-state index is 12.5. The molecule has 4 rings (SSSR count). The normalized spacial score (nSPS) is 13.8. The van der Waals surface area contributed by atoms with E-state index in [0.717, 1.165) is 22.9 Å². The first-order valence-electron chi connectivity index (χ1n) is 9.55. The number of carbonyl (C=O) groups excluding carboxylic acids is 1. The zero-order valence-electron chi connectivity index (χ0n) is 16.2. The molecule has 3 heterocycles. The molecule has 0 aliphatic carbocycles. The van der Waals surface area contributed by atoms with Gasteiger partial charge in [-0.15, -0.1) is 0 Å². The van der Waals surface area contributed by atoms with Crippen molar-refractivity contribution in [1.29, 1.82) is 0 Å². The van der Waals surface area contributed by atoms with Crippen molar-refractivity contribution in [1.82, 2.24) is 19.9 Å². The molecular formula is C21H23N7O. The summed E-state index contributed by atoms with van der Waals surface area (Å²) in [6, 6.07) is 15.3. The number of nitrogens with one attached hydrogen (secondary N) is 2. The van der Waals surface area contributed by atoms with Crippen LogP contribution in [0.2, 0.25) is 0 Å². The summed E-state index contributed by atoms with van der Waals surface area (Å²) in [6.45, 7) is 4.69. The maximum atomic E-state index is 12.5. The zero-order valence-corrected chi connectivity index (χ0v) is 16.2. The van der Waals surface area contributed by atoms with E-state index >= 15 is 0 Å².